The molecule has 3 heterocycles. The van der Waals surface area contributed by atoms with Crippen LogP contribution in [-0.4, -0.2) is 22.7 Å². The summed E-state index contributed by atoms with van der Waals surface area (Å²) in [6.07, 6.45) is 1.64. The lowest BCUT2D eigenvalue weighted by Crippen LogP contribution is -2.29. The zero-order valence-corrected chi connectivity index (χ0v) is 21.0. The Morgan fingerprint density at radius 1 is 1.14 bits per heavy atom. The van der Waals surface area contributed by atoms with Crippen LogP contribution in [0.25, 0.3) is 11.0 Å². The van der Waals surface area contributed by atoms with E-state index in [0.29, 0.717) is 39.9 Å². The average molecular weight is 490 g/mol. The zero-order valence-electron chi connectivity index (χ0n) is 20.2. The molecule has 7 nitrogen and oxygen atoms in total. The van der Waals surface area contributed by atoms with Crippen molar-refractivity contribution in [2.45, 2.75) is 46.6 Å². The molecule has 35 heavy (non-hydrogen) atoms. The van der Waals surface area contributed by atoms with Gasteiger partial charge in [-0.3, -0.25) is 14.5 Å². The Bertz CT molecular complexity index is 1470. The predicted molar refractivity (Wildman–Crippen MR) is 137 cm³/mol. The summed E-state index contributed by atoms with van der Waals surface area (Å²) in [5.41, 5.74) is 2.20. The molecule has 8 heteroatoms. The number of amides is 1. The van der Waals surface area contributed by atoms with E-state index in [1.54, 1.807) is 17.0 Å². The van der Waals surface area contributed by atoms with Crippen LogP contribution in [0.3, 0.4) is 0 Å². The molecule has 0 radical (unpaired) electrons. The first kappa shape index (κ1) is 23.2. The number of ether oxygens (including phenoxy) is 1. The SMILES string of the molecule is CCCOc1cccc(C2c3c(oc4ccc(C)cc4c3=O)C(=O)N2c2nnc(CC(C)C)s2)c1. The van der Waals surface area contributed by atoms with Crippen LogP contribution in [0.2, 0.25) is 0 Å². The van der Waals surface area contributed by atoms with Crippen LogP contribution < -0.4 is 15.1 Å². The lowest BCUT2D eigenvalue weighted by atomic mass is 9.98. The molecule has 4 aromatic rings. The Morgan fingerprint density at radius 3 is 2.74 bits per heavy atom. The van der Waals surface area contributed by atoms with E-state index < -0.39 is 11.9 Å². The number of carbonyl (C=O) groups excluding carboxylic acids is 1. The van der Waals surface area contributed by atoms with E-state index >= 15 is 0 Å². The normalized spacial score (nSPS) is 15.3. The lowest BCUT2D eigenvalue weighted by Gasteiger charge is -2.22. The van der Waals surface area contributed by atoms with Crippen LogP contribution in [0, 0.1) is 12.8 Å². The minimum absolute atomic E-state index is 0.0526. The first-order valence-electron chi connectivity index (χ1n) is 11.8. The van der Waals surface area contributed by atoms with Crippen LogP contribution >= 0.6 is 11.3 Å². The number of hydrogen-bond acceptors (Lipinski definition) is 7. The molecule has 5 rings (SSSR count). The summed E-state index contributed by atoms with van der Waals surface area (Å²) < 4.78 is 11.9. The predicted octanol–water partition coefficient (Wildman–Crippen LogP) is 5.69. The van der Waals surface area contributed by atoms with Crippen molar-refractivity contribution in [1.82, 2.24) is 10.2 Å². The fraction of sp³-hybridized carbons (Fsp3) is 0.333. The number of nitrogens with zero attached hydrogens (tertiary/aromatic N) is 3. The summed E-state index contributed by atoms with van der Waals surface area (Å²) >= 11 is 1.37. The van der Waals surface area contributed by atoms with Gasteiger partial charge in [-0.05, 0) is 49.1 Å². The quantitative estimate of drug-likeness (QED) is 0.332. The highest BCUT2D eigenvalue weighted by atomic mass is 32.1. The fourth-order valence-corrected chi connectivity index (χ4v) is 5.44. The lowest BCUT2D eigenvalue weighted by molar-refractivity contribution is 0.0970. The van der Waals surface area contributed by atoms with Crippen molar-refractivity contribution in [3.8, 4) is 5.75 Å². The molecule has 2 aromatic carbocycles. The Morgan fingerprint density at radius 2 is 1.97 bits per heavy atom. The summed E-state index contributed by atoms with van der Waals surface area (Å²) in [6.45, 7) is 8.76. The van der Waals surface area contributed by atoms with Gasteiger partial charge in [-0.1, -0.05) is 55.9 Å². The van der Waals surface area contributed by atoms with Gasteiger partial charge in [0.05, 0.1) is 23.6 Å². The topological polar surface area (TPSA) is 85.5 Å². The third kappa shape index (κ3) is 4.23. The molecule has 0 aliphatic carbocycles. The van der Waals surface area contributed by atoms with E-state index in [0.717, 1.165) is 29.0 Å². The minimum Gasteiger partial charge on any atom is -0.494 e. The number of benzene rings is 2. The van der Waals surface area contributed by atoms with Crippen molar-refractivity contribution < 1.29 is 13.9 Å². The molecule has 1 unspecified atom stereocenters. The van der Waals surface area contributed by atoms with Crippen molar-refractivity contribution in [3.63, 3.8) is 0 Å². The van der Waals surface area contributed by atoms with E-state index in [9.17, 15) is 9.59 Å². The van der Waals surface area contributed by atoms with E-state index in [1.807, 2.05) is 44.2 Å². The summed E-state index contributed by atoms with van der Waals surface area (Å²) in [4.78, 5) is 29.1. The molecule has 180 valence electrons. The van der Waals surface area contributed by atoms with E-state index in [-0.39, 0.29) is 11.2 Å². The molecule has 0 saturated carbocycles. The summed E-state index contributed by atoms with van der Waals surface area (Å²) in [5, 5.41) is 10.4. The van der Waals surface area contributed by atoms with Crippen molar-refractivity contribution in [1.29, 1.82) is 0 Å². The zero-order chi connectivity index (χ0) is 24.7. The number of fused-ring (bicyclic) bond motifs is 2. The number of anilines is 1. The number of hydrogen-bond donors (Lipinski definition) is 0. The summed E-state index contributed by atoms with van der Waals surface area (Å²) in [7, 11) is 0. The number of rotatable bonds is 7. The van der Waals surface area contributed by atoms with E-state index in [2.05, 4.69) is 24.0 Å². The van der Waals surface area contributed by atoms with Crippen molar-refractivity contribution in [2.75, 3.05) is 11.5 Å². The van der Waals surface area contributed by atoms with Crippen LogP contribution in [-0.2, 0) is 6.42 Å². The highest BCUT2D eigenvalue weighted by Gasteiger charge is 2.45. The summed E-state index contributed by atoms with van der Waals surface area (Å²) in [6, 6.07) is 12.2. The Balaban J connectivity index is 1.71. The van der Waals surface area contributed by atoms with Crippen LogP contribution in [0.5, 0.6) is 5.75 Å². The third-order valence-electron chi connectivity index (χ3n) is 5.92. The van der Waals surface area contributed by atoms with Crippen LogP contribution in [0.1, 0.15) is 65.5 Å². The van der Waals surface area contributed by atoms with Gasteiger partial charge in [0.25, 0.3) is 5.91 Å². The molecule has 0 spiro atoms. The molecule has 2 aromatic heterocycles. The Hall–Kier alpha value is -3.52. The molecule has 0 fully saturated rings. The van der Waals surface area contributed by atoms with Crippen molar-refractivity contribution in [2.24, 2.45) is 5.92 Å². The van der Waals surface area contributed by atoms with Gasteiger partial charge in [0.15, 0.2) is 5.43 Å². The molecule has 1 aliphatic rings. The highest BCUT2D eigenvalue weighted by molar-refractivity contribution is 7.15. The molecular formula is C27H27N3O4S. The number of aryl methyl sites for hydroxylation is 1. The monoisotopic (exact) mass is 489 g/mol. The van der Waals surface area contributed by atoms with Crippen molar-refractivity contribution >= 4 is 33.3 Å². The van der Waals surface area contributed by atoms with Crippen LogP contribution in [0.15, 0.2) is 51.7 Å². The molecule has 1 atom stereocenters. The third-order valence-corrected chi connectivity index (χ3v) is 6.86. The maximum absolute atomic E-state index is 13.8. The van der Waals surface area contributed by atoms with Gasteiger partial charge in [-0.25, -0.2) is 0 Å². The van der Waals surface area contributed by atoms with Crippen molar-refractivity contribution in [3.05, 3.63) is 80.1 Å². The molecule has 0 bridgehead atoms. The molecule has 0 N–H and O–H groups in total. The second-order valence-corrected chi connectivity index (χ2v) is 10.3. The van der Waals surface area contributed by atoms with Gasteiger partial charge >= 0.3 is 0 Å². The van der Waals surface area contributed by atoms with Gasteiger partial charge in [-0.15, -0.1) is 10.2 Å². The van der Waals surface area contributed by atoms with E-state index in [1.165, 1.54) is 11.3 Å². The second-order valence-electron chi connectivity index (χ2n) is 9.25. The fourth-order valence-electron chi connectivity index (χ4n) is 4.37. The number of aromatic nitrogens is 2. The molecule has 1 amide bonds. The average Bonchev–Trinajstić information content (AvgIpc) is 3.40. The second kappa shape index (κ2) is 9.26. The maximum atomic E-state index is 13.8. The first-order chi connectivity index (χ1) is 16.9. The van der Waals surface area contributed by atoms with Gasteiger partial charge < -0.3 is 9.15 Å². The van der Waals surface area contributed by atoms with Gasteiger partial charge in [0.1, 0.15) is 16.3 Å². The van der Waals surface area contributed by atoms with E-state index in [4.69, 9.17) is 9.15 Å². The molecule has 0 saturated heterocycles. The molecular weight excluding hydrogens is 462 g/mol. The standard InChI is InChI=1S/C27H27N3O4S/c1-5-11-33-18-8-6-7-17(14-18)23-22-24(31)19-13-16(4)9-10-20(19)34-25(22)26(32)30(23)27-29-28-21(35-27)12-15(2)3/h6-10,13-15,23H,5,11-12H2,1-4H3. The highest BCUT2D eigenvalue weighted by Crippen LogP contribution is 2.43. The maximum Gasteiger partial charge on any atom is 0.297 e. The van der Waals surface area contributed by atoms with Gasteiger partial charge in [-0.2, -0.15) is 0 Å². The van der Waals surface area contributed by atoms with Gasteiger partial charge in [0, 0.05) is 6.42 Å². The Kier molecular flexibility index (Phi) is 6.15. The summed E-state index contributed by atoms with van der Waals surface area (Å²) in [5.74, 6) is 0.750. The first-order valence-corrected chi connectivity index (χ1v) is 12.6. The molecule has 1 aliphatic heterocycles. The minimum atomic E-state index is -0.691. The smallest absolute Gasteiger partial charge is 0.297 e. The Labute approximate surface area is 207 Å². The largest absolute Gasteiger partial charge is 0.494 e. The van der Waals surface area contributed by atoms with Gasteiger partial charge in [0.2, 0.25) is 10.9 Å². The number of carbonyl (C=O) groups is 1. The van der Waals surface area contributed by atoms with Crippen LogP contribution in [0.4, 0.5) is 5.13 Å².